The molecular formula is C11H9F2N3OS. The Balaban J connectivity index is 2.10. The maximum Gasteiger partial charge on any atom is 0.273 e. The molecular weight excluding hydrogens is 260 g/mol. The lowest BCUT2D eigenvalue weighted by molar-refractivity contribution is 0.0935. The molecule has 4 nitrogen and oxygen atoms in total. The van der Waals surface area contributed by atoms with E-state index in [1.165, 1.54) is 12.3 Å². The van der Waals surface area contributed by atoms with E-state index < -0.39 is 23.6 Å². The molecule has 1 amide bonds. The molecule has 1 heterocycles. The first-order valence-electron chi connectivity index (χ1n) is 5.11. The molecule has 2 aromatic rings. The van der Waals surface area contributed by atoms with Crippen molar-refractivity contribution in [1.82, 2.24) is 14.1 Å². The summed E-state index contributed by atoms with van der Waals surface area (Å²) in [6, 6.07) is 3.05. The Morgan fingerprint density at radius 1 is 1.39 bits per heavy atom. The van der Waals surface area contributed by atoms with Gasteiger partial charge in [0.05, 0.1) is 24.0 Å². The minimum Gasteiger partial charge on any atom is -0.344 e. The predicted octanol–water partition coefficient (Wildman–Crippen LogP) is 2.31. The van der Waals surface area contributed by atoms with Gasteiger partial charge < -0.3 is 5.32 Å². The van der Waals surface area contributed by atoms with E-state index in [2.05, 4.69) is 14.1 Å². The van der Waals surface area contributed by atoms with Crippen molar-refractivity contribution in [2.45, 2.75) is 13.0 Å². The molecule has 0 aliphatic rings. The van der Waals surface area contributed by atoms with Crippen LogP contribution in [0.4, 0.5) is 8.78 Å². The molecule has 0 unspecified atom stereocenters. The van der Waals surface area contributed by atoms with E-state index in [1.807, 2.05) is 0 Å². The number of amides is 1. The van der Waals surface area contributed by atoms with Crippen LogP contribution in [0, 0.1) is 11.6 Å². The van der Waals surface area contributed by atoms with Crippen molar-refractivity contribution in [3.63, 3.8) is 0 Å². The van der Waals surface area contributed by atoms with Crippen LogP contribution < -0.4 is 5.32 Å². The van der Waals surface area contributed by atoms with Crippen molar-refractivity contribution in [3.8, 4) is 0 Å². The normalized spacial score (nSPS) is 12.2. The minimum absolute atomic E-state index is 0.203. The SMILES string of the molecule is C[C@@H](NC(=O)c1cnsn1)c1ccc(F)c(F)c1. The lowest BCUT2D eigenvalue weighted by atomic mass is 10.1. The summed E-state index contributed by atoms with van der Waals surface area (Å²) in [6.45, 7) is 1.67. The van der Waals surface area contributed by atoms with Crippen molar-refractivity contribution < 1.29 is 13.6 Å². The summed E-state index contributed by atoms with van der Waals surface area (Å²) < 4.78 is 33.3. The Bertz CT molecular complexity index is 559. The van der Waals surface area contributed by atoms with Crippen LogP contribution in [-0.4, -0.2) is 14.7 Å². The number of rotatable bonds is 3. The summed E-state index contributed by atoms with van der Waals surface area (Å²) in [5.74, 6) is -2.26. The average molecular weight is 269 g/mol. The number of hydrogen-bond acceptors (Lipinski definition) is 4. The van der Waals surface area contributed by atoms with Crippen molar-refractivity contribution in [1.29, 1.82) is 0 Å². The Labute approximate surface area is 106 Å². The van der Waals surface area contributed by atoms with Gasteiger partial charge in [-0.1, -0.05) is 6.07 Å². The molecule has 0 radical (unpaired) electrons. The van der Waals surface area contributed by atoms with E-state index in [9.17, 15) is 13.6 Å². The smallest absolute Gasteiger partial charge is 0.273 e. The first kappa shape index (κ1) is 12.6. The largest absolute Gasteiger partial charge is 0.344 e. The third kappa shape index (κ3) is 2.67. The molecule has 1 N–H and O–H groups in total. The van der Waals surface area contributed by atoms with Crippen LogP contribution >= 0.6 is 11.7 Å². The first-order chi connectivity index (χ1) is 8.58. The summed E-state index contributed by atoms with van der Waals surface area (Å²) >= 11 is 0.925. The summed E-state index contributed by atoms with van der Waals surface area (Å²) in [5, 5.41) is 2.62. The van der Waals surface area contributed by atoms with Crippen LogP contribution in [0.2, 0.25) is 0 Å². The molecule has 0 saturated heterocycles. The highest BCUT2D eigenvalue weighted by Crippen LogP contribution is 2.16. The van der Waals surface area contributed by atoms with Crippen molar-refractivity contribution >= 4 is 17.6 Å². The molecule has 0 aliphatic carbocycles. The number of benzene rings is 1. The summed E-state index contributed by atoms with van der Waals surface area (Å²) in [7, 11) is 0. The first-order valence-corrected chi connectivity index (χ1v) is 5.84. The van der Waals surface area contributed by atoms with Gasteiger partial charge in [-0.2, -0.15) is 8.75 Å². The molecule has 94 valence electrons. The molecule has 1 aromatic carbocycles. The second kappa shape index (κ2) is 5.18. The van der Waals surface area contributed by atoms with Gasteiger partial charge in [0, 0.05) is 0 Å². The summed E-state index contributed by atoms with van der Waals surface area (Å²) in [5.41, 5.74) is 0.680. The van der Waals surface area contributed by atoms with E-state index in [1.54, 1.807) is 6.92 Å². The second-order valence-corrected chi connectivity index (χ2v) is 4.22. The van der Waals surface area contributed by atoms with E-state index in [-0.39, 0.29) is 5.69 Å². The fourth-order valence-electron chi connectivity index (χ4n) is 1.40. The van der Waals surface area contributed by atoms with E-state index >= 15 is 0 Å². The molecule has 1 aromatic heterocycles. The highest BCUT2D eigenvalue weighted by atomic mass is 32.1. The molecule has 0 fully saturated rings. The maximum atomic E-state index is 13.0. The number of hydrogen-bond donors (Lipinski definition) is 1. The molecule has 1 atom stereocenters. The average Bonchev–Trinajstić information content (AvgIpc) is 2.86. The Morgan fingerprint density at radius 2 is 2.17 bits per heavy atom. The van der Waals surface area contributed by atoms with Crippen LogP contribution in [0.5, 0.6) is 0 Å². The fraction of sp³-hybridized carbons (Fsp3) is 0.182. The standard InChI is InChI=1S/C11H9F2N3OS/c1-6(7-2-3-8(12)9(13)4-7)15-11(17)10-5-14-18-16-10/h2-6H,1H3,(H,15,17)/t6-/m1/s1. The Morgan fingerprint density at radius 3 is 2.78 bits per heavy atom. The van der Waals surface area contributed by atoms with Gasteiger partial charge in [0.15, 0.2) is 17.3 Å². The van der Waals surface area contributed by atoms with E-state index in [4.69, 9.17) is 0 Å². The third-order valence-corrected chi connectivity index (χ3v) is 2.86. The van der Waals surface area contributed by atoms with Crippen LogP contribution in [0.15, 0.2) is 24.4 Å². The Hall–Kier alpha value is -1.89. The van der Waals surface area contributed by atoms with E-state index in [0.29, 0.717) is 5.56 Å². The summed E-state index contributed by atoms with van der Waals surface area (Å²) in [6.07, 6.45) is 1.35. The summed E-state index contributed by atoms with van der Waals surface area (Å²) in [4.78, 5) is 11.7. The number of carbonyl (C=O) groups is 1. The van der Waals surface area contributed by atoms with Crippen molar-refractivity contribution in [2.75, 3.05) is 0 Å². The second-order valence-electron chi connectivity index (χ2n) is 3.66. The number of carbonyl (C=O) groups excluding carboxylic acids is 1. The van der Waals surface area contributed by atoms with Crippen LogP contribution in [0.1, 0.15) is 29.0 Å². The van der Waals surface area contributed by atoms with Crippen LogP contribution in [0.25, 0.3) is 0 Å². The third-order valence-electron chi connectivity index (χ3n) is 2.39. The van der Waals surface area contributed by atoms with E-state index in [0.717, 1.165) is 23.9 Å². The van der Waals surface area contributed by atoms with Gasteiger partial charge in [-0.05, 0) is 24.6 Å². The van der Waals surface area contributed by atoms with Crippen molar-refractivity contribution in [3.05, 3.63) is 47.3 Å². The minimum atomic E-state index is -0.941. The monoisotopic (exact) mass is 269 g/mol. The molecule has 0 bridgehead atoms. The highest BCUT2D eigenvalue weighted by molar-refractivity contribution is 6.99. The van der Waals surface area contributed by atoms with Crippen LogP contribution in [0.3, 0.4) is 0 Å². The molecule has 0 saturated carbocycles. The maximum absolute atomic E-state index is 13.0. The Kier molecular flexibility index (Phi) is 3.61. The molecule has 0 aliphatic heterocycles. The van der Waals surface area contributed by atoms with Gasteiger partial charge in [-0.15, -0.1) is 0 Å². The van der Waals surface area contributed by atoms with Gasteiger partial charge in [0.1, 0.15) is 0 Å². The van der Waals surface area contributed by atoms with Gasteiger partial charge in [-0.25, -0.2) is 8.78 Å². The zero-order valence-corrected chi connectivity index (χ0v) is 10.2. The van der Waals surface area contributed by atoms with Gasteiger partial charge in [0.2, 0.25) is 0 Å². The molecule has 18 heavy (non-hydrogen) atoms. The highest BCUT2D eigenvalue weighted by Gasteiger charge is 2.14. The molecule has 0 spiro atoms. The zero-order valence-electron chi connectivity index (χ0n) is 9.35. The van der Waals surface area contributed by atoms with Gasteiger partial charge >= 0.3 is 0 Å². The lowest BCUT2D eigenvalue weighted by Gasteiger charge is -2.13. The molecule has 2 rings (SSSR count). The fourth-order valence-corrected chi connectivity index (χ4v) is 1.81. The lowest BCUT2D eigenvalue weighted by Crippen LogP contribution is -2.26. The number of aromatic nitrogens is 2. The quantitative estimate of drug-likeness (QED) is 0.930. The molecule has 7 heteroatoms. The van der Waals surface area contributed by atoms with Gasteiger partial charge in [0.25, 0.3) is 5.91 Å². The number of nitrogens with one attached hydrogen (secondary N) is 1. The van der Waals surface area contributed by atoms with Crippen LogP contribution in [-0.2, 0) is 0 Å². The zero-order chi connectivity index (χ0) is 13.1. The topological polar surface area (TPSA) is 54.9 Å². The number of nitrogens with zero attached hydrogens (tertiary/aromatic N) is 2. The number of halogens is 2. The van der Waals surface area contributed by atoms with Crippen molar-refractivity contribution in [2.24, 2.45) is 0 Å². The van der Waals surface area contributed by atoms with Gasteiger partial charge in [-0.3, -0.25) is 4.79 Å². The predicted molar refractivity (Wildman–Crippen MR) is 62.1 cm³/mol.